The molecule has 0 spiro atoms. The number of hydrogen-bond donors (Lipinski definition) is 0. The van der Waals surface area contributed by atoms with Crippen LogP contribution in [0.1, 0.15) is 11.1 Å². The van der Waals surface area contributed by atoms with Crippen LogP contribution in [0.2, 0.25) is 0 Å². The van der Waals surface area contributed by atoms with Gasteiger partial charge >= 0.3 is 6.18 Å². The largest absolute Gasteiger partial charge is 0.417 e. The summed E-state index contributed by atoms with van der Waals surface area (Å²) in [6.45, 7) is 0. The molecular weight excluding hydrogens is 183 g/mol. The van der Waals surface area contributed by atoms with Crippen LogP contribution < -0.4 is 0 Å². The van der Waals surface area contributed by atoms with E-state index in [0.717, 1.165) is 12.1 Å². The zero-order chi connectivity index (χ0) is 9.19. The molecule has 1 aromatic carbocycles. The van der Waals surface area contributed by atoms with Crippen molar-refractivity contribution in [2.75, 3.05) is 0 Å². The van der Waals surface area contributed by atoms with Gasteiger partial charge in [0.2, 0.25) is 0 Å². The SMILES string of the molecule is N#Cc1ccccc1C(F)(F)F.O. The third-order valence-corrected chi connectivity index (χ3v) is 1.35. The molecule has 70 valence electrons. The molecule has 0 amide bonds. The van der Waals surface area contributed by atoms with Gasteiger partial charge in [-0.05, 0) is 12.1 Å². The molecule has 1 rings (SSSR count). The lowest BCUT2D eigenvalue weighted by atomic mass is 10.1. The molecule has 2 nitrogen and oxygen atoms in total. The second kappa shape index (κ2) is 3.92. The Hall–Kier alpha value is -1.54. The number of rotatable bonds is 0. The summed E-state index contributed by atoms with van der Waals surface area (Å²) in [5, 5.41) is 8.33. The predicted octanol–water partition coefficient (Wildman–Crippen LogP) is 1.75. The smallest absolute Gasteiger partial charge is 0.412 e. The minimum absolute atomic E-state index is 0. The summed E-state index contributed by atoms with van der Waals surface area (Å²) >= 11 is 0. The zero-order valence-corrected chi connectivity index (χ0v) is 6.39. The van der Waals surface area contributed by atoms with E-state index in [0.29, 0.717) is 0 Å². The van der Waals surface area contributed by atoms with Crippen LogP contribution in [0, 0.1) is 11.3 Å². The van der Waals surface area contributed by atoms with E-state index < -0.39 is 11.7 Å². The highest BCUT2D eigenvalue weighted by molar-refractivity contribution is 5.38. The van der Waals surface area contributed by atoms with Gasteiger partial charge in [0.25, 0.3) is 0 Å². The van der Waals surface area contributed by atoms with E-state index in [9.17, 15) is 13.2 Å². The molecule has 0 fully saturated rings. The third-order valence-electron chi connectivity index (χ3n) is 1.35. The van der Waals surface area contributed by atoms with Gasteiger partial charge in [0, 0.05) is 0 Å². The molecule has 2 N–H and O–H groups in total. The monoisotopic (exact) mass is 189 g/mol. The third kappa shape index (κ3) is 2.46. The maximum atomic E-state index is 12.1. The second-order valence-electron chi connectivity index (χ2n) is 2.16. The number of halogens is 3. The molecule has 0 aliphatic carbocycles. The van der Waals surface area contributed by atoms with Gasteiger partial charge in [0.15, 0.2) is 0 Å². The van der Waals surface area contributed by atoms with Crippen LogP contribution >= 0.6 is 0 Å². The Morgan fingerprint density at radius 2 is 1.69 bits per heavy atom. The summed E-state index contributed by atoms with van der Waals surface area (Å²) in [6, 6.07) is 6.16. The highest BCUT2D eigenvalue weighted by atomic mass is 19.4. The maximum absolute atomic E-state index is 12.1. The average molecular weight is 189 g/mol. The Balaban J connectivity index is 0.00000144. The Morgan fingerprint density at radius 3 is 2.08 bits per heavy atom. The summed E-state index contributed by atoms with van der Waals surface area (Å²) in [4.78, 5) is 0. The molecule has 0 bridgehead atoms. The molecule has 0 aromatic heterocycles. The summed E-state index contributed by atoms with van der Waals surface area (Å²) in [6.07, 6.45) is -4.44. The lowest BCUT2D eigenvalue weighted by molar-refractivity contribution is -0.137. The molecular formula is C8H6F3NO. The van der Waals surface area contributed by atoms with Crippen LogP contribution in [0.25, 0.3) is 0 Å². The van der Waals surface area contributed by atoms with E-state index >= 15 is 0 Å². The first kappa shape index (κ1) is 11.5. The second-order valence-corrected chi connectivity index (χ2v) is 2.16. The molecule has 0 saturated heterocycles. The van der Waals surface area contributed by atoms with Crippen molar-refractivity contribution < 1.29 is 18.6 Å². The highest BCUT2D eigenvalue weighted by Gasteiger charge is 2.32. The average Bonchev–Trinajstić information content (AvgIpc) is 2.03. The van der Waals surface area contributed by atoms with Gasteiger partial charge in [-0.1, -0.05) is 12.1 Å². The molecule has 0 unspecified atom stereocenters. The minimum atomic E-state index is -4.44. The molecule has 13 heavy (non-hydrogen) atoms. The summed E-state index contributed by atoms with van der Waals surface area (Å²) in [7, 11) is 0. The van der Waals surface area contributed by atoms with Crippen LogP contribution in [-0.4, -0.2) is 5.48 Å². The van der Waals surface area contributed by atoms with E-state index in [1.165, 1.54) is 18.2 Å². The van der Waals surface area contributed by atoms with Gasteiger partial charge < -0.3 is 5.48 Å². The van der Waals surface area contributed by atoms with Crippen LogP contribution in [0.15, 0.2) is 24.3 Å². The van der Waals surface area contributed by atoms with E-state index in [1.54, 1.807) is 0 Å². The molecule has 5 heteroatoms. The predicted molar refractivity (Wildman–Crippen MR) is 39.8 cm³/mol. The van der Waals surface area contributed by atoms with Crippen LogP contribution in [0.4, 0.5) is 13.2 Å². The fourth-order valence-corrected chi connectivity index (χ4v) is 0.828. The number of benzene rings is 1. The maximum Gasteiger partial charge on any atom is 0.417 e. The number of nitriles is 1. The van der Waals surface area contributed by atoms with E-state index in [2.05, 4.69) is 0 Å². The van der Waals surface area contributed by atoms with Crippen molar-refractivity contribution in [1.82, 2.24) is 0 Å². The fourth-order valence-electron chi connectivity index (χ4n) is 0.828. The van der Waals surface area contributed by atoms with Gasteiger partial charge in [-0.15, -0.1) is 0 Å². The van der Waals surface area contributed by atoms with Crippen LogP contribution in [0.5, 0.6) is 0 Å². The first-order valence-electron chi connectivity index (χ1n) is 3.12. The van der Waals surface area contributed by atoms with Gasteiger partial charge in [-0.3, -0.25) is 0 Å². The van der Waals surface area contributed by atoms with Crippen LogP contribution in [0.3, 0.4) is 0 Å². The molecule has 0 aliphatic heterocycles. The lowest BCUT2D eigenvalue weighted by Gasteiger charge is -2.06. The van der Waals surface area contributed by atoms with Crippen molar-refractivity contribution in [3.8, 4) is 6.07 Å². The molecule has 0 aliphatic rings. The topological polar surface area (TPSA) is 55.3 Å². The van der Waals surface area contributed by atoms with E-state index in [-0.39, 0.29) is 11.0 Å². The van der Waals surface area contributed by atoms with Crippen molar-refractivity contribution in [2.24, 2.45) is 0 Å². The van der Waals surface area contributed by atoms with E-state index in [1.807, 2.05) is 0 Å². The molecule has 1 aromatic rings. The van der Waals surface area contributed by atoms with Crippen LogP contribution in [-0.2, 0) is 6.18 Å². The Kier molecular flexibility index (Phi) is 3.45. The lowest BCUT2D eigenvalue weighted by Crippen LogP contribution is -2.06. The molecule has 0 saturated carbocycles. The Bertz CT molecular complexity index is 327. The summed E-state index contributed by atoms with van der Waals surface area (Å²) < 4.78 is 36.3. The van der Waals surface area contributed by atoms with Crippen molar-refractivity contribution in [3.63, 3.8) is 0 Å². The van der Waals surface area contributed by atoms with Gasteiger partial charge in [0.05, 0.1) is 17.2 Å². The highest BCUT2D eigenvalue weighted by Crippen LogP contribution is 2.31. The quantitative estimate of drug-likeness (QED) is 0.613. The number of nitrogens with zero attached hydrogens (tertiary/aromatic N) is 1. The summed E-state index contributed by atoms with van der Waals surface area (Å²) in [5.41, 5.74) is -1.22. The normalized spacial score (nSPS) is 10.0. The minimum Gasteiger partial charge on any atom is -0.412 e. The van der Waals surface area contributed by atoms with Gasteiger partial charge in [-0.2, -0.15) is 18.4 Å². The Labute approximate surface area is 72.5 Å². The first-order chi connectivity index (χ1) is 5.55. The molecule has 0 atom stereocenters. The van der Waals surface area contributed by atoms with Crippen molar-refractivity contribution in [1.29, 1.82) is 5.26 Å². The zero-order valence-electron chi connectivity index (χ0n) is 6.39. The first-order valence-corrected chi connectivity index (χ1v) is 3.12. The van der Waals surface area contributed by atoms with Gasteiger partial charge in [-0.25, -0.2) is 0 Å². The number of hydrogen-bond acceptors (Lipinski definition) is 1. The fraction of sp³-hybridized carbons (Fsp3) is 0.125. The van der Waals surface area contributed by atoms with Crippen molar-refractivity contribution in [2.45, 2.75) is 6.18 Å². The van der Waals surface area contributed by atoms with Gasteiger partial charge in [0.1, 0.15) is 0 Å². The van der Waals surface area contributed by atoms with Crippen molar-refractivity contribution in [3.05, 3.63) is 35.4 Å². The standard InChI is InChI=1S/C8H4F3N.H2O/c9-8(10,11)7-4-2-1-3-6(7)5-12;/h1-4H;1H2. The van der Waals surface area contributed by atoms with Crippen molar-refractivity contribution >= 4 is 0 Å². The Morgan fingerprint density at radius 1 is 1.15 bits per heavy atom. The van der Waals surface area contributed by atoms with E-state index in [4.69, 9.17) is 5.26 Å². The number of alkyl halides is 3. The summed E-state index contributed by atoms with van der Waals surface area (Å²) in [5.74, 6) is 0. The molecule has 0 radical (unpaired) electrons. The molecule has 0 heterocycles.